The summed E-state index contributed by atoms with van der Waals surface area (Å²) < 4.78 is 65.6. The minimum absolute atomic E-state index is 0.0793. The fourth-order valence-corrected chi connectivity index (χ4v) is 3.76. The van der Waals surface area contributed by atoms with Crippen LogP contribution in [0.5, 0.6) is 0 Å². The average Bonchev–Trinajstić information content (AvgIpc) is 3.19. The molecular formula is C16H22F2N6O5S. The molecular weight excluding hydrogens is 426 g/mol. The van der Waals surface area contributed by atoms with Crippen molar-refractivity contribution in [3.8, 4) is 0 Å². The van der Waals surface area contributed by atoms with Crippen LogP contribution in [0.1, 0.15) is 35.9 Å². The molecule has 0 atom stereocenters. The molecule has 1 saturated heterocycles. The Morgan fingerprint density at radius 3 is 2.77 bits per heavy atom. The molecule has 0 spiro atoms. The molecule has 1 fully saturated rings. The molecule has 1 aliphatic heterocycles. The van der Waals surface area contributed by atoms with Gasteiger partial charge in [-0.1, -0.05) is 0 Å². The van der Waals surface area contributed by atoms with Gasteiger partial charge in [0.1, 0.15) is 12.9 Å². The van der Waals surface area contributed by atoms with E-state index in [4.69, 9.17) is 9.15 Å². The third kappa shape index (κ3) is 5.12. The summed E-state index contributed by atoms with van der Waals surface area (Å²) in [7, 11) is -4.53. The van der Waals surface area contributed by atoms with Crippen molar-refractivity contribution in [2.45, 2.75) is 32.7 Å². The molecule has 11 nitrogen and oxygen atoms in total. The number of nitrogens with zero attached hydrogens (tertiary/aromatic N) is 4. The van der Waals surface area contributed by atoms with E-state index in [9.17, 15) is 22.0 Å². The fraction of sp³-hybridized carbons (Fsp3) is 0.562. The van der Waals surface area contributed by atoms with Crippen LogP contribution in [0.3, 0.4) is 0 Å². The van der Waals surface area contributed by atoms with Crippen LogP contribution >= 0.6 is 0 Å². The van der Waals surface area contributed by atoms with Crippen LogP contribution in [0.25, 0.3) is 0 Å². The van der Waals surface area contributed by atoms with E-state index in [1.807, 2.05) is 27.0 Å². The van der Waals surface area contributed by atoms with Gasteiger partial charge in [0.15, 0.2) is 11.5 Å². The second-order valence-corrected chi connectivity index (χ2v) is 8.75. The van der Waals surface area contributed by atoms with Gasteiger partial charge in [-0.05, 0) is 20.8 Å². The van der Waals surface area contributed by atoms with E-state index in [0.29, 0.717) is 10.1 Å². The second kappa shape index (κ2) is 8.28. The van der Waals surface area contributed by atoms with Gasteiger partial charge in [0.05, 0.1) is 13.2 Å². The zero-order valence-electron chi connectivity index (χ0n) is 16.6. The summed E-state index contributed by atoms with van der Waals surface area (Å²) in [6.45, 7) is 3.20. The highest BCUT2D eigenvalue weighted by molar-refractivity contribution is 7.87. The van der Waals surface area contributed by atoms with Gasteiger partial charge >= 0.3 is 16.2 Å². The van der Waals surface area contributed by atoms with Crippen LogP contribution in [-0.2, 0) is 14.9 Å². The van der Waals surface area contributed by atoms with Gasteiger partial charge in [0.25, 0.3) is 11.8 Å². The zero-order valence-corrected chi connectivity index (χ0v) is 17.4. The van der Waals surface area contributed by atoms with E-state index in [-0.39, 0.29) is 30.9 Å². The number of alkyl halides is 2. The maximum Gasteiger partial charge on any atom is 0.304 e. The highest BCUT2D eigenvalue weighted by Gasteiger charge is 2.39. The molecule has 0 unspecified atom stereocenters. The standard InChI is InChI=1S/C16H22F2N6O5S/c1-10(2)24-6-11(3)13(21-24)20-15-19-12(7-29-15)14(25)22-30(26,27)23-4-5-28-9-16(17,18)8-23/h6-7,10H,4-5,8-9H2,1-3H3,(H,22,25)(H,19,20,21). The Hall–Kier alpha value is -2.58. The first-order chi connectivity index (χ1) is 14.0. The molecule has 1 amide bonds. The largest absolute Gasteiger partial charge is 0.431 e. The number of amides is 1. The van der Waals surface area contributed by atoms with Gasteiger partial charge < -0.3 is 9.15 Å². The zero-order chi connectivity index (χ0) is 22.1. The third-order valence-corrected chi connectivity index (χ3v) is 5.61. The summed E-state index contributed by atoms with van der Waals surface area (Å²) in [4.78, 5) is 16.2. The number of rotatable bonds is 6. The van der Waals surface area contributed by atoms with Gasteiger partial charge in [0, 0.05) is 24.3 Å². The molecule has 30 heavy (non-hydrogen) atoms. The summed E-state index contributed by atoms with van der Waals surface area (Å²) in [5.41, 5.74) is 0.458. The highest BCUT2D eigenvalue weighted by atomic mass is 32.2. The number of nitrogens with one attached hydrogen (secondary N) is 2. The smallest absolute Gasteiger partial charge is 0.304 e. The Labute approximate surface area is 171 Å². The maximum atomic E-state index is 13.6. The first kappa shape index (κ1) is 22.1. The molecule has 14 heteroatoms. The van der Waals surface area contributed by atoms with Gasteiger partial charge in [-0.2, -0.15) is 22.8 Å². The fourth-order valence-electron chi connectivity index (χ4n) is 2.62. The normalized spacial score (nSPS) is 17.7. The van der Waals surface area contributed by atoms with E-state index in [0.717, 1.165) is 11.8 Å². The van der Waals surface area contributed by atoms with Crippen molar-refractivity contribution in [2.24, 2.45) is 0 Å². The predicted octanol–water partition coefficient (Wildman–Crippen LogP) is 1.45. The lowest BCUT2D eigenvalue weighted by atomic mass is 10.3. The van der Waals surface area contributed by atoms with Crippen molar-refractivity contribution < 1.29 is 31.1 Å². The minimum Gasteiger partial charge on any atom is -0.431 e. The van der Waals surface area contributed by atoms with Gasteiger partial charge in [-0.25, -0.2) is 13.5 Å². The SMILES string of the molecule is Cc1cn(C(C)C)nc1Nc1nc(C(=O)NS(=O)(=O)N2CCOCC(F)(F)C2)co1. The third-order valence-electron chi connectivity index (χ3n) is 4.17. The molecule has 0 bridgehead atoms. The molecule has 166 valence electrons. The molecule has 3 rings (SSSR count). The van der Waals surface area contributed by atoms with E-state index < -0.39 is 35.2 Å². The summed E-state index contributed by atoms with van der Waals surface area (Å²) in [6.07, 6.45) is 2.76. The lowest BCUT2D eigenvalue weighted by Gasteiger charge is -2.22. The highest BCUT2D eigenvalue weighted by Crippen LogP contribution is 2.21. The van der Waals surface area contributed by atoms with E-state index in [1.165, 1.54) is 0 Å². The average molecular weight is 448 g/mol. The molecule has 0 saturated carbocycles. The van der Waals surface area contributed by atoms with E-state index in [1.54, 1.807) is 9.40 Å². The van der Waals surface area contributed by atoms with Crippen LogP contribution in [0.2, 0.25) is 0 Å². The lowest BCUT2D eigenvalue weighted by molar-refractivity contribution is -0.0631. The number of carbonyl (C=O) groups is 1. The number of hydrogen-bond acceptors (Lipinski definition) is 8. The molecule has 2 aromatic rings. The van der Waals surface area contributed by atoms with Crippen LogP contribution in [0, 0.1) is 6.92 Å². The van der Waals surface area contributed by atoms with Crippen LogP contribution < -0.4 is 10.0 Å². The molecule has 2 aromatic heterocycles. The van der Waals surface area contributed by atoms with Crippen LogP contribution in [0.15, 0.2) is 16.9 Å². The number of anilines is 2. The van der Waals surface area contributed by atoms with Crippen molar-refractivity contribution in [1.29, 1.82) is 0 Å². The molecule has 0 radical (unpaired) electrons. The first-order valence-electron chi connectivity index (χ1n) is 9.03. The molecule has 0 aromatic carbocycles. The molecule has 1 aliphatic rings. The van der Waals surface area contributed by atoms with Gasteiger partial charge in [0.2, 0.25) is 0 Å². The summed E-state index contributed by atoms with van der Waals surface area (Å²) >= 11 is 0. The number of ether oxygens (including phenoxy) is 1. The summed E-state index contributed by atoms with van der Waals surface area (Å²) in [6, 6.07) is 0.0523. The van der Waals surface area contributed by atoms with Crippen molar-refractivity contribution in [1.82, 2.24) is 23.8 Å². The quantitative estimate of drug-likeness (QED) is 0.679. The number of aromatic nitrogens is 3. The monoisotopic (exact) mass is 448 g/mol. The van der Waals surface area contributed by atoms with E-state index in [2.05, 4.69) is 15.4 Å². The van der Waals surface area contributed by atoms with Crippen molar-refractivity contribution in [3.05, 3.63) is 23.7 Å². The first-order valence-corrected chi connectivity index (χ1v) is 10.5. The number of carbonyl (C=O) groups excluding carboxylic acids is 1. The van der Waals surface area contributed by atoms with Crippen LogP contribution in [-0.4, -0.2) is 65.6 Å². The number of hydrogen-bond donors (Lipinski definition) is 2. The Morgan fingerprint density at radius 2 is 2.10 bits per heavy atom. The van der Waals surface area contributed by atoms with Crippen molar-refractivity contribution >= 4 is 27.9 Å². The second-order valence-electron chi connectivity index (χ2n) is 7.08. The molecule has 0 aliphatic carbocycles. The Morgan fingerprint density at radius 1 is 1.37 bits per heavy atom. The number of halogens is 2. The Balaban J connectivity index is 1.68. The molecule has 2 N–H and O–H groups in total. The van der Waals surface area contributed by atoms with Crippen LogP contribution in [0.4, 0.5) is 20.6 Å². The van der Waals surface area contributed by atoms with Crippen molar-refractivity contribution in [3.63, 3.8) is 0 Å². The summed E-state index contributed by atoms with van der Waals surface area (Å²) in [5, 5.41) is 7.12. The topological polar surface area (TPSA) is 132 Å². The van der Waals surface area contributed by atoms with Crippen molar-refractivity contribution in [2.75, 3.05) is 31.6 Å². The van der Waals surface area contributed by atoms with Gasteiger partial charge in [-0.3, -0.25) is 14.8 Å². The number of oxazole rings is 1. The summed E-state index contributed by atoms with van der Waals surface area (Å²) in [5.74, 6) is -4.03. The lowest BCUT2D eigenvalue weighted by Crippen LogP contribution is -2.48. The minimum atomic E-state index is -4.53. The van der Waals surface area contributed by atoms with Gasteiger partial charge in [-0.15, -0.1) is 0 Å². The Bertz CT molecular complexity index is 1020. The molecule has 3 heterocycles. The Kier molecular flexibility index (Phi) is 6.10. The predicted molar refractivity (Wildman–Crippen MR) is 101 cm³/mol. The maximum absolute atomic E-state index is 13.6. The number of aryl methyl sites for hydroxylation is 1. The van der Waals surface area contributed by atoms with E-state index >= 15 is 0 Å².